The molecule has 1 spiro atoms. The van der Waals surface area contributed by atoms with E-state index in [2.05, 4.69) is 10.1 Å². The number of methoxy groups -OCH3 is 1. The first-order chi connectivity index (χ1) is 13.1. The predicted octanol–water partition coefficient (Wildman–Crippen LogP) is 3.60. The van der Waals surface area contributed by atoms with E-state index in [0.717, 1.165) is 0 Å². The number of hydrogen-bond acceptors (Lipinski definition) is 6. The molecular weight excluding hydrogens is 364 g/mol. The molecule has 2 aliphatic rings. The van der Waals surface area contributed by atoms with Crippen LogP contribution in [0.4, 0.5) is 15.3 Å². The molecule has 0 aromatic heterocycles. The van der Waals surface area contributed by atoms with Crippen molar-refractivity contribution < 1.29 is 28.6 Å². The van der Waals surface area contributed by atoms with Crippen LogP contribution in [0.15, 0.2) is 18.2 Å². The molecule has 1 aromatic carbocycles. The van der Waals surface area contributed by atoms with Crippen molar-refractivity contribution in [3.63, 3.8) is 0 Å². The van der Waals surface area contributed by atoms with E-state index in [-0.39, 0.29) is 18.3 Å². The normalized spacial score (nSPS) is 18.1. The largest absolute Gasteiger partial charge is 0.486 e. The van der Waals surface area contributed by atoms with Crippen LogP contribution in [0.25, 0.3) is 0 Å². The Morgan fingerprint density at radius 2 is 1.89 bits per heavy atom. The number of rotatable bonds is 1. The van der Waals surface area contributed by atoms with Gasteiger partial charge in [0.25, 0.3) is 0 Å². The fourth-order valence-corrected chi connectivity index (χ4v) is 3.44. The van der Waals surface area contributed by atoms with Gasteiger partial charge in [-0.15, -0.1) is 0 Å². The molecule has 8 heteroatoms. The minimum absolute atomic E-state index is 0.0412. The summed E-state index contributed by atoms with van der Waals surface area (Å²) >= 11 is 0. The Kier molecular flexibility index (Phi) is 5.23. The highest BCUT2D eigenvalue weighted by Crippen LogP contribution is 2.40. The lowest BCUT2D eigenvalue weighted by Gasteiger charge is -2.44. The number of carbonyl (C=O) groups excluding carboxylic acids is 3. The van der Waals surface area contributed by atoms with E-state index in [0.29, 0.717) is 42.9 Å². The van der Waals surface area contributed by atoms with Crippen LogP contribution < -0.4 is 10.1 Å². The second-order valence-corrected chi connectivity index (χ2v) is 8.18. The number of amides is 2. The van der Waals surface area contributed by atoms with Crippen molar-refractivity contribution >= 4 is 23.7 Å². The third-order valence-electron chi connectivity index (χ3n) is 4.85. The second kappa shape index (κ2) is 7.33. The first-order valence-electron chi connectivity index (χ1n) is 9.30. The Morgan fingerprint density at radius 3 is 2.50 bits per heavy atom. The number of nitrogens with one attached hydrogen (secondary N) is 1. The molecule has 0 radical (unpaired) electrons. The molecule has 1 fully saturated rings. The molecule has 0 unspecified atom stereocenters. The van der Waals surface area contributed by atoms with Crippen molar-refractivity contribution in [2.24, 2.45) is 0 Å². The van der Waals surface area contributed by atoms with E-state index in [4.69, 9.17) is 9.47 Å². The number of likely N-dealkylation sites (tertiary alicyclic amines) is 1. The molecule has 2 heterocycles. The smallest absolute Gasteiger partial charge is 0.411 e. The molecule has 0 atom stereocenters. The number of ketones is 1. The summed E-state index contributed by atoms with van der Waals surface area (Å²) in [5.41, 5.74) is -0.245. The van der Waals surface area contributed by atoms with Crippen molar-refractivity contribution in [2.75, 3.05) is 25.5 Å². The van der Waals surface area contributed by atoms with Gasteiger partial charge in [-0.2, -0.15) is 0 Å². The summed E-state index contributed by atoms with van der Waals surface area (Å²) in [5.74, 6) is 0.456. The molecular formula is C20H26N2O6. The third kappa shape index (κ3) is 4.37. The molecule has 1 saturated heterocycles. The maximum atomic E-state index is 12.7. The van der Waals surface area contributed by atoms with Gasteiger partial charge in [0.15, 0.2) is 5.78 Å². The predicted molar refractivity (Wildman–Crippen MR) is 102 cm³/mol. The van der Waals surface area contributed by atoms with E-state index in [1.165, 1.54) is 7.11 Å². The van der Waals surface area contributed by atoms with Gasteiger partial charge in [0.1, 0.15) is 17.0 Å². The van der Waals surface area contributed by atoms with Gasteiger partial charge in [0, 0.05) is 31.6 Å². The van der Waals surface area contributed by atoms with Crippen molar-refractivity contribution in [2.45, 2.75) is 51.2 Å². The number of benzene rings is 1. The van der Waals surface area contributed by atoms with Crippen LogP contribution in [-0.2, 0) is 9.47 Å². The number of fused-ring (bicyclic) bond motifs is 1. The monoisotopic (exact) mass is 390 g/mol. The summed E-state index contributed by atoms with van der Waals surface area (Å²) in [7, 11) is 1.27. The zero-order valence-corrected chi connectivity index (χ0v) is 16.7. The van der Waals surface area contributed by atoms with Gasteiger partial charge in [-0.3, -0.25) is 10.1 Å². The van der Waals surface area contributed by atoms with Crippen molar-refractivity contribution in [1.82, 2.24) is 4.90 Å². The highest BCUT2D eigenvalue weighted by atomic mass is 16.6. The minimum atomic E-state index is -0.611. The van der Waals surface area contributed by atoms with Gasteiger partial charge in [-0.05, 0) is 39.0 Å². The van der Waals surface area contributed by atoms with Gasteiger partial charge in [0.2, 0.25) is 0 Å². The van der Waals surface area contributed by atoms with E-state index < -0.39 is 17.3 Å². The summed E-state index contributed by atoms with van der Waals surface area (Å²) in [6.07, 6.45) is 0.404. The van der Waals surface area contributed by atoms with Crippen LogP contribution in [0.3, 0.4) is 0 Å². The van der Waals surface area contributed by atoms with Gasteiger partial charge >= 0.3 is 12.2 Å². The summed E-state index contributed by atoms with van der Waals surface area (Å²) in [6.45, 7) is 6.44. The highest BCUT2D eigenvalue weighted by Gasteiger charge is 2.44. The SMILES string of the molecule is COC(=O)Nc1ccc2c(c1)C(=O)CC1(CCN(C(=O)OC(C)(C)C)CC1)O2. The lowest BCUT2D eigenvalue weighted by Crippen LogP contribution is -2.52. The maximum Gasteiger partial charge on any atom is 0.411 e. The number of piperidine rings is 1. The number of anilines is 1. The summed E-state index contributed by atoms with van der Waals surface area (Å²) < 4.78 is 16.2. The average molecular weight is 390 g/mol. The number of ether oxygens (including phenoxy) is 3. The number of hydrogen-bond donors (Lipinski definition) is 1. The van der Waals surface area contributed by atoms with Crippen LogP contribution in [0.2, 0.25) is 0 Å². The minimum Gasteiger partial charge on any atom is -0.486 e. The van der Waals surface area contributed by atoms with Crippen LogP contribution in [0, 0.1) is 0 Å². The number of Topliss-reactive ketones (excluding diaryl/α,β-unsaturated/α-hetero) is 1. The first-order valence-corrected chi connectivity index (χ1v) is 9.30. The number of nitrogens with zero attached hydrogens (tertiary/aromatic N) is 1. The fraction of sp³-hybridized carbons (Fsp3) is 0.550. The van der Waals surface area contributed by atoms with E-state index in [1.807, 2.05) is 20.8 Å². The van der Waals surface area contributed by atoms with Crippen molar-refractivity contribution in [3.05, 3.63) is 23.8 Å². The van der Waals surface area contributed by atoms with E-state index >= 15 is 0 Å². The Hall–Kier alpha value is -2.77. The molecule has 0 saturated carbocycles. The molecule has 2 amide bonds. The zero-order valence-electron chi connectivity index (χ0n) is 16.7. The summed E-state index contributed by atoms with van der Waals surface area (Å²) in [6, 6.07) is 4.94. The fourth-order valence-electron chi connectivity index (χ4n) is 3.44. The number of carbonyl (C=O) groups is 3. The zero-order chi connectivity index (χ0) is 20.5. The molecule has 28 heavy (non-hydrogen) atoms. The lowest BCUT2D eigenvalue weighted by molar-refractivity contribution is -0.0226. The molecule has 3 rings (SSSR count). The Labute approximate surface area is 164 Å². The molecule has 2 aliphatic heterocycles. The van der Waals surface area contributed by atoms with Gasteiger partial charge in [-0.1, -0.05) is 0 Å². The molecule has 0 bridgehead atoms. The quantitative estimate of drug-likeness (QED) is 0.787. The van der Waals surface area contributed by atoms with E-state index in [1.54, 1.807) is 23.1 Å². The average Bonchev–Trinajstić information content (AvgIpc) is 2.61. The van der Waals surface area contributed by atoms with Crippen LogP contribution in [0.1, 0.15) is 50.4 Å². The van der Waals surface area contributed by atoms with Crippen LogP contribution >= 0.6 is 0 Å². The molecule has 152 valence electrons. The van der Waals surface area contributed by atoms with Crippen molar-refractivity contribution in [1.29, 1.82) is 0 Å². The van der Waals surface area contributed by atoms with Gasteiger partial charge in [0.05, 0.1) is 19.1 Å². The topological polar surface area (TPSA) is 94.2 Å². The summed E-state index contributed by atoms with van der Waals surface area (Å²) in [5, 5.41) is 2.54. The van der Waals surface area contributed by atoms with E-state index in [9.17, 15) is 14.4 Å². The molecule has 1 N–H and O–H groups in total. The standard InChI is InChI=1S/C20H26N2O6/c1-19(2,3)28-18(25)22-9-7-20(8-10-22)12-15(23)14-11-13(21-17(24)26-4)5-6-16(14)27-20/h5-6,11H,7-10,12H2,1-4H3,(H,21,24). The molecule has 1 aromatic rings. The molecule has 8 nitrogen and oxygen atoms in total. The second-order valence-electron chi connectivity index (χ2n) is 8.18. The Morgan fingerprint density at radius 1 is 1.21 bits per heavy atom. The molecule has 0 aliphatic carbocycles. The third-order valence-corrected chi connectivity index (χ3v) is 4.85. The first kappa shape index (κ1) is 20.0. The van der Waals surface area contributed by atoms with Gasteiger partial charge < -0.3 is 19.1 Å². The summed E-state index contributed by atoms with van der Waals surface area (Å²) in [4.78, 5) is 38.0. The Balaban J connectivity index is 1.68. The lowest BCUT2D eigenvalue weighted by atomic mass is 9.82. The van der Waals surface area contributed by atoms with Crippen LogP contribution in [-0.4, -0.2) is 54.3 Å². The van der Waals surface area contributed by atoms with Crippen molar-refractivity contribution in [3.8, 4) is 5.75 Å². The highest BCUT2D eigenvalue weighted by molar-refractivity contribution is 6.02. The maximum absolute atomic E-state index is 12.7. The van der Waals surface area contributed by atoms with Gasteiger partial charge in [-0.25, -0.2) is 9.59 Å². The Bertz CT molecular complexity index is 790. The van der Waals surface area contributed by atoms with Crippen LogP contribution in [0.5, 0.6) is 5.75 Å².